The van der Waals surface area contributed by atoms with E-state index in [0.717, 1.165) is 5.56 Å². The molecule has 1 rings (SSSR count). The smallest absolute Gasteiger partial charge is 0.408 e. The van der Waals surface area contributed by atoms with Gasteiger partial charge in [-0.05, 0) is 26.3 Å². The lowest BCUT2D eigenvalue weighted by Crippen LogP contribution is -2.49. The van der Waals surface area contributed by atoms with Crippen LogP contribution in [0.5, 0.6) is 0 Å². The lowest BCUT2D eigenvalue weighted by molar-refractivity contribution is -0.123. The molecule has 0 spiro atoms. The van der Waals surface area contributed by atoms with Crippen molar-refractivity contribution in [1.82, 2.24) is 10.6 Å². The lowest BCUT2D eigenvalue weighted by Gasteiger charge is -2.23. The maximum atomic E-state index is 12.2. The zero-order valence-electron chi connectivity index (χ0n) is 13.8. The molecule has 0 heterocycles. The molecule has 1 aromatic rings. The maximum Gasteiger partial charge on any atom is 0.408 e. The highest BCUT2D eigenvalue weighted by molar-refractivity contribution is 5.86. The van der Waals surface area contributed by atoms with E-state index in [2.05, 4.69) is 10.6 Å². The molecule has 0 aliphatic carbocycles. The van der Waals surface area contributed by atoms with Gasteiger partial charge in [-0.1, -0.05) is 30.3 Å². The van der Waals surface area contributed by atoms with Gasteiger partial charge in [-0.15, -0.1) is 0 Å². The second-order valence-electron chi connectivity index (χ2n) is 6.09. The maximum absolute atomic E-state index is 12.2. The van der Waals surface area contributed by atoms with Gasteiger partial charge in [-0.2, -0.15) is 5.26 Å². The molecule has 6 heteroatoms. The summed E-state index contributed by atoms with van der Waals surface area (Å²) < 4.78 is 5.20. The van der Waals surface area contributed by atoms with Gasteiger partial charge >= 0.3 is 6.09 Å². The fourth-order valence-corrected chi connectivity index (χ4v) is 1.87. The van der Waals surface area contributed by atoms with Crippen LogP contribution in [0.2, 0.25) is 0 Å². The number of hydrogen-bond donors (Lipinski definition) is 2. The molecule has 1 aromatic carbocycles. The monoisotopic (exact) mass is 317 g/mol. The highest BCUT2D eigenvalue weighted by atomic mass is 16.6. The Bertz CT molecular complexity index is 559. The van der Waals surface area contributed by atoms with Gasteiger partial charge in [0.05, 0.1) is 12.5 Å². The third-order valence-electron chi connectivity index (χ3n) is 2.83. The van der Waals surface area contributed by atoms with Gasteiger partial charge in [0.25, 0.3) is 0 Å². The minimum Gasteiger partial charge on any atom is -0.444 e. The predicted molar refractivity (Wildman–Crippen MR) is 86.5 cm³/mol. The molecule has 2 amide bonds. The summed E-state index contributed by atoms with van der Waals surface area (Å²) in [7, 11) is 0. The van der Waals surface area contributed by atoms with Crippen LogP contribution in [0.15, 0.2) is 30.3 Å². The average molecular weight is 317 g/mol. The number of ether oxygens (including phenoxy) is 1. The van der Waals surface area contributed by atoms with Crippen molar-refractivity contribution < 1.29 is 14.3 Å². The van der Waals surface area contributed by atoms with Gasteiger partial charge < -0.3 is 15.4 Å². The van der Waals surface area contributed by atoms with Crippen LogP contribution in [0.25, 0.3) is 0 Å². The first-order valence-electron chi connectivity index (χ1n) is 7.50. The van der Waals surface area contributed by atoms with Crippen LogP contribution in [0.4, 0.5) is 4.79 Å². The molecule has 1 unspecified atom stereocenters. The molecule has 0 saturated carbocycles. The molecule has 2 N–H and O–H groups in total. The molecule has 124 valence electrons. The molecular weight excluding hydrogens is 294 g/mol. The Hall–Kier alpha value is -2.55. The first kappa shape index (κ1) is 18.5. The molecule has 0 saturated heterocycles. The highest BCUT2D eigenvalue weighted by Gasteiger charge is 2.24. The summed E-state index contributed by atoms with van der Waals surface area (Å²) in [5, 5.41) is 13.8. The molecule has 0 fully saturated rings. The van der Waals surface area contributed by atoms with E-state index in [-0.39, 0.29) is 18.9 Å². The van der Waals surface area contributed by atoms with Crippen molar-refractivity contribution in [2.24, 2.45) is 0 Å². The number of alkyl carbamates (subject to hydrolysis) is 1. The number of hydrogen-bond acceptors (Lipinski definition) is 4. The normalized spacial score (nSPS) is 11.9. The minimum absolute atomic E-state index is 0.218. The standard InChI is InChI=1S/C17H23N3O3/c1-17(2,3)23-16(22)20-14(15(21)19-11-7-10-18)12-13-8-5-4-6-9-13/h4-6,8-9,14H,7,11-12H2,1-3H3,(H,19,21)(H,20,22). The lowest BCUT2D eigenvalue weighted by atomic mass is 10.1. The minimum atomic E-state index is -0.758. The molecule has 0 radical (unpaired) electrons. The molecule has 23 heavy (non-hydrogen) atoms. The number of carbonyl (C=O) groups is 2. The van der Waals surface area contributed by atoms with E-state index >= 15 is 0 Å². The number of benzene rings is 1. The number of nitrogens with zero attached hydrogens (tertiary/aromatic N) is 1. The summed E-state index contributed by atoms with van der Waals surface area (Å²) in [5.74, 6) is -0.338. The molecule has 0 bridgehead atoms. The Balaban J connectivity index is 2.73. The van der Waals surface area contributed by atoms with Crippen molar-refractivity contribution >= 4 is 12.0 Å². The van der Waals surface area contributed by atoms with Crippen molar-refractivity contribution in [1.29, 1.82) is 5.26 Å². The first-order chi connectivity index (χ1) is 10.8. The zero-order valence-corrected chi connectivity index (χ0v) is 13.8. The number of rotatable bonds is 6. The average Bonchev–Trinajstić information content (AvgIpc) is 2.46. The van der Waals surface area contributed by atoms with Crippen LogP contribution < -0.4 is 10.6 Å². The van der Waals surface area contributed by atoms with Crippen molar-refractivity contribution in [3.63, 3.8) is 0 Å². The Morgan fingerprint density at radius 2 is 1.91 bits per heavy atom. The SMILES string of the molecule is CC(C)(C)OC(=O)NC(Cc1ccccc1)C(=O)NCCC#N. The predicted octanol–water partition coefficient (Wildman–Crippen LogP) is 2.15. The number of nitriles is 1. The Morgan fingerprint density at radius 1 is 1.26 bits per heavy atom. The van der Waals surface area contributed by atoms with E-state index in [1.165, 1.54) is 0 Å². The second-order valence-corrected chi connectivity index (χ2v) is 6.09. The molecular formula is C17H23N3O3. The topological polar surface area (TPSA) is 91.2 Å². The van der Waals surface area contributed by atoms with E-state index in [1.807, 2.05) is 36.4 Å². The summed E-state index contributed by atoms with van der Waals surface area (Å²) in [5.41, 5.74) is 0.280. The van der Waals surface area contributed by atoms with Crippen molar-refractivity contribution in [2.45, 2.75) is 45.3 Å². The van der Waals surface area contributed by atoms with E-state index in [9.17, 15) is 9.59 Å². The van der Waals surface area contributed by atoms with Gasteiger partial charge in [-0.25, -0.2) is 4.79 Å². The highest BCUT2D eigenvalue weighted by Crippen LogP contribution is 2.08. The Morgan fingerprint density at radius 3 is 2.48 bits per heavy atom. The number of nitrogens with one attached hydrogen (secondary N) is 2. The van der Waals surface area contributed by atoms with Crippen LogP contribution in [-0.4, -0.2) is 30.2 Å². The Labute approximate surface area is 136 Å². The van der Waals surface area contributed by atoms with E-state index in [1.54, 1.807) is 20.8 Å². The van der Waals surface area contributed by atoms with Gasteiger partial charge in [0.1, 0.15) is 11.6 Å². The van der Waals surface area contributed by atoms with Gasteiger partial charge in [0.15, 0.2) is 0 Å². The molecule has 0 aliphatic rings. The summed E-state index contributed by atoms with van der Waals surface area (Å²) in [4.78, 5) is 24.2. The van der Waals surface area contributed by atoms with Crippen LogP contribution >= 0.6 is 0 Å². The van der Waals surface area contributed by atoms with Gasteiger partial charge in [0.2, 0.25) is 5.91 Å². The van der Waals surface area contributed by atoms with Crippen molar-refractivity contribution in [2.75, 3.05) is 6.54 Å². The van der Waals surface area contributed by atoms with Gasteiger partial charge in [-0.3, -0.25) is 4.79 Å². The van der Waals surface area contributed by atoms with Gasteiger partial charge in [0, 0.05) is 13.0 Å². The van der Waals surface area contributed by atoms with Crippen LogP contribution in [0.1, 0.15) is 32.8 Å². The summed E-state index contributed by atoms with van der Waals surface area (Å²) in [6.45, 7) is 5.51. The zero-order chi connectivity index (χ0) is 17.3. The molecule has 0 aromatic heterocycles. The fraction of sp³-hybridized carbons (Fsp3) is 0.471. The summed E-state index contributed by atoms with van der Waals surface area (Å²) in [6.07, 6.45) is -0.0804. The largest absolute Gasteiger partial charge is 0.444 e. The van der Waals surface area contributed by atoms with Crippen LogP contribution in [0, 0.1) is 11.3 Å². The van der Waals surface area contributed by atoms with E-state index < -0.39 is 17.7 Å². The Kier molecular flexibility index (Phi) is 7.07. The van der Waals surface area contributed by atoms with Crippen molar-refractivity contribution in [3.05, 3.63) is 35.9 Å². The molecule has 0 aliphatic heterocycles. The van der Waals surface area contributed by atoms with Crippen LogP contribution in [0.3, 0.4) is 0 Å². The molecule has 6 nitrogen and oxygen atoms in total. The molecule has 1 atom stereocenters. The van der Waals surface area contributed by atoms with Crippen molar-refractivity contribution in [3.8, 4) is 6.07 Å². The van der Waals surface area contributed by atoms with Crippen LogP contribution in [-0.2, 0) is 16.0 Å². The third-order valence-corrected chi connectivity index (χ3v) is 2.83. The summed E-state index contributed by atoms with van der Waals surface area (Å²) in [6, 6.07) is 10.6. The third kappa shape index (κ3) is 7.86. The van der Waals surface area contributed by atoms with E-state index in [4.69, 9.17) is 10.00 Å². The summed E-state index contributed by atoms with van der Waals surface area (Å²) >= 11 is 0. The van der Waals surface area contributed by atoms with E-state index in [0.29, 0.717) is 6.42 Å². The second kappa shape index (κ2) is 8.79. The fourth-order valence-electron chi connectivity index (χ4n) is 1.87. The number of amides is 2. The number of carbonyl (C=O) groups excluding carboxylic acids is 2. The quantitative estimate of drug-likeness (QED) is 0.786. The first-order valence-corrected chi connectivity index (χ1v) is 7.50.